The fourth-order valence-electron chi connectivity index (χ4n) is 7.14. The number of amides is 3. The number of fused-ring (bicyclic) bond motifs is 1. The van der Waals surface area contributed by atoms with E-state index in [1.807, 2.05) is 64.4 Å². The van der Waals surface area contributed by atoms with E-state index in [-0.39, 0.29) is 56.3 Å². The van der Waals surface area contributed by atoms with Gasteiger partial charge in [0.05, 0.1) is 39.1 Å². The van der Waals surface area contributed by atoms with E-state index in [4.69, 9.17) is 20.6 Å². The van der Waals surface area contributed by atoms with Crippen LogP contribution in [-0.4, -0.2) is 120 Å². The maximum absolute atomic E-state index is 12.4. The summed E-state index contributed by atoms with van der Waals surface area (Å²) in [6, 6.07) is 27.8. The number of carbonyl (C=O) groups is 6. The molecule has 0 atom stereocenters. The third-order valence-electron chi connectivity index (χ3n) is 11.2. The molecule has 5 aromatic heterocycles. The first-order valence-corrected chi connectivity index (χ1v) is 29.9. The van der Waals surface area contributed by atoms with Crippen LogP contribution in [0.4, 0.5) is 17.5 Å². The number of hydrogen-bond acceptors (Lipinski definition) is 19. The van der Waals surface area contributed by atoms with Gasteiger partial charge in [-0.3, -0.25) is 47.5 Å². The Labute approximate surface area is 549 Å². The predicted molar refractivity (Wildman–Crippen MR) is 358 cm³/mol. The highest BCUT2D eigenvalue weighted by atomic mass is 127. The molecule has 0 bridgehead atoms. The predicted octanol–water partition coefficient (Wildman–Crippen LogP) is 5.35. The summed E-state index contributed by atoms with van der Waals surface area (Å²) in [4.78, 5) is 138. The summed E-state index contributed by atoms with van der Waals surface area (Å²) < 4.78 is 19.1. The molecule has 0 unspecified atom stereocenters. The number of rotatable bonds is 19. The summed E-state index contributed by atoms with van der Waals surface area (Å²) in [6.45, 7) is 8.33. The van der Waals surface area contributed by atoms with Gasteiger partial charge in [0.15, 0.2) is 11.6 Å². The van der Waals surface area contributed by atoms with Gasteiger partial charge in [-0.15, -0.1) is 12.3 Å². The number of esters is 3. The van der Waals surface area contributed by atoms with Crippen LogP contribution < -0.4 is 49.3 Å². The van der Waals surface area contributed by atoms with Gasteiger partial charge in [0.2, 0.25) is 0 Å². The van der Waals surface area contributed by atoms with Crippen LogP contribution in [0.2, 0.25) is 0 Å². The Morgan fingerprint density at radius 2 is 1.04 bits per heavy atom. The van der Waals surface area contributed by atoms with Gasteiger partial charge in [0, 0.05) is 65.5 Å². The molecule has 0 spiro atoms. The standard InChI is InChI=1S/C19H20N4O4.C15H14IN3O4.C12H16N4O3.C11H8IN3O2.C5H8/c1-3-27-16(24)13-23-12-15(10-7-11-20-2)17(22-19(23)26)21-18(25)14-8-5-4-6-9-14;1-2-23-12(20)9-19-8-11(16)13(18-15(19)22)17-14(21)10-6-4-3-5-7-10;1-3-19-10(17)7-16-6-8-4-9(5-13-2)14-11(8)15-12(16)18;12-8-6-13-11(17)15-9(8)14-10(16)7-4-2-1-3-5-7;1-3-5-4-2/h4-6,8-9,12,20H,3,11,13H2,1-2H3,(H,21,22,25,26);3-8H,2,9H2,1H3,(H,17,18,21,22);4,6,13H,3,5,7H2,1-2H3,(H,14,15,18);1-6H,(H2,13,14,15,16,17);1H,4-5H2,2H3. The van der Waals surface area contributed by atoms with E-state index in [9.17, 15) is 47.9 Å². The summed E-state index contributed by atoms with van der Waals surface area (Å²) >= 11 is 3.92. The number of hydrogen-bond donors (Lipinski definition) is 7. The maximum atomic E-state index is 12.4. The Morgan fingerprint density at radius 3 is 1.51 bits per heavy atom. The molecule has 7 N–H and O–H groups in total. The van der Waals surface area contributed by atoms with Crippen molar-refractivity contribution in [2.45, 2.75) is 66.7 Å². The van der Waals surface area contributed by atoms with E-state index in [1.165, 1.54) is 23.2 Å². The zero-order chi connectivity index (χ0) is 66.7. The molecule has 0 aliphatic carbocycles. The second-order valence-electron chi connectivity index (χ2n) is 18.1. The van der Waals surface area contributed by atoms with Crippen molar-refractivity contribution in [1.29, 1.82) is 0 Å². The van der Waals surface area contributed by atoms with Crippen molar-refractivity contribution >= 4 is 109 Å². The highest BCUT2D eigenvalue weighted by Gasteiger charge is 2.17. The lowest BCUT2D eigenvalue weighted by Crippen LogP contribution is -2.29. The van der Waals surface area contributed by atoms with Gasteiger partial charge >= 0.3 is 40.7 Å². The van der Waals surface area contributed by atoms with Crippen LogP contribution in [0.25, 0.3) is 11.0 Å². The van der Waals surface area contributed by atoms with Gasteiger partial charge in [0.1, 0.15) is 31.1 Å². The van der Waals surface area contributed by atoms with Gasteiger partial charge in [-0.1, -0.05) is 73.4 Å². The van der Waals surface area contributed by atoms with Crippen molar-refractivity contribution < 1.29 is 43.0 Å². The molecule has 0 aliphatic heterocycles. The lowest BCUT2D eigenvalue weighted by molar-refractivity contribution is -0.144. The molecule has 476 valence electrons. The van der Waals surface area contributed by atoms with E-state index >= 15 is 0 Å². The molecule has 91 heavy (non-hydrogen) atoms. The Hall–Kier alpha value is -9.96. The topological polar surface area (TPSA) is 356 Å². The van der Waals surface area contributed by atoms with Crippen molar-refractivity contribution in [2.24, 2.45) is 0 Å². The second kappa shape index (κ2) is 39.8. The molecule has 0 fully saturated rings. The number of H-pyrrole nitrogens is 2. The van der Waals surface area contributed by atoms with Crippen molar-refractivity contribution in [1.82, 2.24) is 54.2 Å². The summed E-state index contributed by atoms with van der Waals surface area (Å²) in [5.41, 5.74) is 0.887. The van der Waals surface area contributed by atoms with Gasteiger partial charge in [0.25, 0.3) is 17.7 Å². The summed E-state index contributed by atoms with van der Waals surface area (Å²) in [6.07, 6.45) is 12.8. The molecule has 3 aromatic carbocycles. The van der Waals surface area contributed by atoms with Crippen molar-refractivity contribution in [2.75, 3.05) is 56.4 Å². The first-order valence-electron chi connectivity index (χ1n) is 27.8. The van der Waals surface area contributed by atoms with Crippen molar-refractivity contribution in [3.8, 4) is 24.2 Å². The molecule has 29 heteroatoms. The minimum atomic E-state index is -0.689. The number of halogens is 2. The highest BCUT2D eigenvalue weighted by molar-refractivity contribution is 14.1. The monoisotopic (exact) mass is 1470 g/mol. The first-order chi connectivity index (χ1) is 43.8. The van der Waals surface area contributed by atoms with Crippen LogP contribution in [0.5, 0.6) is 0 Å². The van der Waals surface area contributed by atoms with Gasteiger partial charge in [-0.05, 0) is 129 Å². The normalized spacial score (nSPS) is 9.97. The second-order valence-corrected chi connectivity index (χ2v) is 20.4. The SMILES string of the molecule is C#CCCC.CCOC(=O)Cn1cc(C#CCNC)c(NC(=O)c2ccccc2)nc1=O.CCOC(=O)Cn1cc(I)c(NC(=O)c2ccccc2)nc1=O.CCOC(=O)Cn1cc2cc(CNC)[nH]c2nc1=O.O=C(Nc1[nH]c(=O)ncc1I)c1ccccc1. The Bertz CT molecular complexity index is 4100. The van der Waals surface area contributed by atoms with Crippen LogP contribution in [-0.2, 0) is 54.8 Å². The van der Waals surface area contributed by atoms with Crippen molar-refractivity contribution in [3.63, 3.8) is 0 Å². The number of carbonyl (C=O) groups excluding carboxylic acids is 6. The minimum Gasteiger partial charge on any atom is -0.465 e. The third-order valence-corrected chi connectivity index (χ3v) is 12.8. The quantitative estimate of drug-likeness (QED) is 0.0232. The number of nitrogens with one attached hydrogen (secondary N) is 7. The van der Waals surface area contributed by atoms with Gasteiger partial charge < -0.3 is 45.8 Å². The summed E-state index contributed by atoms with van der Waals surface area (Å²) in [5, 5.41) is 14.5. The van der Waals surface area contributed by atoms with Crippen LogP contribution >= 0.6 is 45.2 Å². The average molecular weight is 1470 g/mol. The molecule has 0 saturated heterocycles. The number of ether oxygens (including phenoxy) is 3. The molecule has 0 radical (unpaired) electrons. The van der Waals surface area contributed by atoms with Crippen LogP contribution in [0.1, 0.15) is 82.9 Å². The minimum absolute atomic E-state index is 0.0394. The first kappa shape index (κ1) is 73.5. The highest BCUT2D eigenvalue weighted by Crippen LogP contribution is 2.16. The fraction of sp³-hybridized carbons (Fsp3) is 0.258. The molecule has 3 amide bonds. The maximum Gasteiger partial charge on any atom is 0.350 e. The van der Waals surface area contributed by atoms with E-state index in [1.54, 1.807) is 119 Å². The van der Waals surface area contributed by atoms with Crippen LogP contribution in [0, 0.1) is 31.3 Å². The van der Waals surface area contributed by atoms with E-state index in [0.717, 1.165) is 33.1 Å². The molecule has 27 nitrogen and oxygen atoms in total. The number of unbranched alkanes of at least 4 members (excludes halogenated alkanes) is 1. The number of terminal acetylenes is 1. The Kier molecular flexibility index (Phi) is 32.2. The van der Waals surface area contributed by atoms with E-state index in [0.29, 0.717) is 60.6 Å². The number of aromatic nitrogens is 9. The molecular weight excluding hydrogens is 1400 g/mol. The molecule has 8 rings (SSSR count). The number of anilines is 3. The fourth-order valence-corrected chi connectivity index (χ4v) is 8.14. The number of nitrogens with zero attached hydrogens (tertiary/aromatic N) is 7. The smallest absolute Gasteiger partial charge is 0.350 e. The van der Waals surface area contributed by atoms with Crippen LogP contribution in [0.3, 0.4) is 0 Å². The Balaban J connectivity index is 0.000000255. The number of benzene rings is 3. The largest absolute Gasteiger partial charge is 0.465 e. The van der Waals surface area contributed by atoms with E-state index in [2.05, 4.69) is 81.2 Å². The molecule has 8 aromatic rings. The zero-order valence-electron chi connectivity index (χ0n) is 50.4. The van der Waals surface area contributed by atoms with E-state index < -0.39 is 46.6 Å². The van der Waals surface area contributed by atoms with Crippen molar-refractivity contribution in [3.05, 3.63) is 199 Å². The Morgan fingerprint density at radius 1 is 0.582 bits per heavy atom. The van der Waals surface area contributed by atoms with Gasteiger partial charge in [-0.25, -0.2) is 24.2 Å². The molecular formula is C62H66I2N14O13. The van der Waals surface area contributed by atoms with Crippen LogP contribution in [0.15, 0.2) is 141 Å². The lowest BCUT2D eigenvalue weighted by atomic mass is 10.2. The third kappa shape index (κ3) is 25.6. The summed E-state index contributed by atoms with van der Waals surface area (Å²) in [5.74, 6) is 6.19. The zero-order valence-corrected chi connectivity index (χ0v) is 54.7. The van der Waals surface area contributed by atoms with Gasteiger partial charge in [-0.2, -0.15) is 15.0 Å². The average Bonchev–Trinajstić information content (AvgIpc) is 2.04. The lowest BCUT2D eigenvalue weighted by Gasteiger charge is -2.10. The molecule has 0 aliphatic rings. The number of aromatic amines is 2. The molecule has 0 saturated carbocycles. The molecule has 5 heterocycles. The summed E-state index contributed by atoms with van der Waals surface area (Å²) in [7, 11) is 3.57.